The summed E-state index contributed by atoms with van der Waals surface area (Å²) in [6, 6.07) is 17.2. The van der Waals surface area contributed by atoms with Gasteiger partial charge in [-0.25, -0.2) is 4.98 Å². The van der Waals surface area contributed by atoms with E-state index in [4.69, 9.17) is 4.42 Å². The lowest BCUT2D eigenvalue weighted by Gasteiger charge is -2.21. The van der Waals surface area contributed by atoms with Crippen LogP contribution in [0.3, 0.4) is 0 Å². The number of H-pyrrole nitrogens is 1. The van der Waals surface area contributed by atoms with Gasteiger partial charge in [-0.2, -0.15) is 0 Å². The van der Waals surface area contributed by atoms with Crippen molar-refractivity contribution < 1.29 is 9.21 Å². The van der Waals surface area contributed by atoms with Gasteiger partial charge in [-0.05, 0) is 41.0 Å². The van der Waals surface area contributed by atoms with E-state index in [1.54, 1.807) is 0 Å². The summed E-state index contributed by atoms with van der Waals surface area (Å²) in [7, 11) is 0. The zero-order chi connectivity index (χ0) is 24.8. The number of oxazole rings is 1. The quantitative estimate of drug-likeness (QED) is 0.285. The molecule has 6 heteroatoms. The van der Waals surface area contributed by atoms with Crippen molar-refractivity contribution in [3.8, 4) is 0 Å². The first-order valence-corrected chi connectivity index (χ1v) is 12.5. The Morgan fingerprint density at radius 1 is 1.06 bits per heavy atom. The molecule has 4 aromatic rings. The van der Waals surface area contributed by atoms with Crippen molar-refractivity contribution in [2.45, 2.75) is 53.1 Å². The Hall–Kier alpha value is -3.38. The molecule has 0 spiro atoms. The van der Waals surface area contributed by atoms with Crippen molar-refractivity contribution in [1.29, 1.82) is 0 Å². The molecule has 2 aromatic heterocycles. The van der Waals surface area contributed by atoms with Gasteiger partial charge in [-0.3, -0.25) is 9.69 Å². The fourth-order valence-electron chi connectivity index (χ4n) is 4.16. The average Bonchev–Trinajstić information content (AvgIpc) is 3.48. The number of para-hydroxylation sites is 1. The van der Waals surface area contributed by atoms with Crippen molar-refractivity contribution in [1.82, 2.24) is 20.2 Å². The molecule has 4 rings (SSSR count). The van der Waals surface area contributed by atoms with Crippen molar-refractivity contribution in [3.05, 3.63) is 89.3 Å². The zero-order valence-corrected chi connectivity index (χ0v) is 21.2. The molecule has 1 amide bonds. The summed E-state index contributed by atoms with van der Waals surface area (Å²) in [6.45, 7) is 11.3. The summed E-state index contributed by atoms with van der Waals surface area (Å²) >= 11 is 0. The third kappa shape index (κ3) is 6.61. The Balaban J connectivity index is 1.48. The van der Waals surface area contributed by atoms with Gasteiger partial charge in [0.15, 0.2) is 5.69 Å². The number of rotatable bonds is 11. The van der Waals surface area contributed by atoms with Gasteiger partial charge in [-0.15, -0.1) is 0 Å². The van der Waals surface area contributed by atoms with Crippen LogP contribution < -0.4 is 5.32 Å². The minimum absolute atomic E-state index is 0.191. The topological polar surface area (TPSA) is 74.2 Å². The number of fused-ring (bicyclic) bond motifs is 1. The van der Waals surface area contributed by atoms with Crippen LogP contribution in [0.1, 0.15) is 66.7 Å². The summed E-state index contributed by atoms with van der Waals surface area (Å²) in [5, 5.41) is 4.16. The molecule has 184 valence electrons. The molecule has 0 aliphatic rings. The second-order valence-corrected chi connectivity index (χ2v) is 9.95. The molecule has 2 N–H and O–H groups in total. The SMILES string of the molecule is CC(C)CNC(=O)c1coc(CN(CCc2c[nH]c3ccccc23)Cc2ccc(C(C)C)cc2)n1. The van der Waals surface area contributed by atoms with Crippen LogP contribution in [0, 0.1) is 5.92 Å². The van der Waals surface area contributed by atoms with Crippen LogP contribution >= 0.6 is 0 Å². The van der Waals surface area contributed by atoms with Crippen LogP contribution in [0.15, 0.2) is 65.4 Å². The molecule has 2 heterocycles. The summed E-state index contributed by atoms with van der Waals surface area (Å²) in [5.41, 5.74) is 5.36. The Kier molecular flexibility index (Phi) is 8.03. The average molecular weight is 473 g/mol. The summed E-state index contributed by atoms with van der Waals surface area (Å²) in [6.07, 6.45) is 4.46. The number of nitrogens with one attached hydrogen (secondary N) is 2. The highest BCUT2D eigenvalue weighted by Gasteiger charge is 2.16. The number of aromatic amines is 1. The van der Waals surface area contributed by atoms with Gasteiger partial charge >= 0.3 is 0 Å². The first kappa shape index (κ1) is 24.7. The smallest absolute Gasteiger partial charge is 0.273 e. The van der Waals surface area contributed by atoms with Crippen molar-refractivity contribution in [2.75, 3.05) is 13.1 Å². The maximum absolute atomic E-state index is 12.4. The van der Waals surface area contributed by atoms with Crippen molar-refractivity contribution in [2.24, 2.45) is 5.92 Å². The third-order valence-corrected chi connectivity index (χ3v) is 6.24. The standard InChI is InChI=1S/C29H36N4O2/c1-20(2)15-31-29(34)27-19-35-28(32-27)18-33(17-22-9-11-23(12-10-22)21(3)4)14-13-24-16-30-26-8-6-5-7-25(24)26/h5-12,16,19-21,30H,13-15,17-18H2,1-4H3,(H,31,34). The van der Waals surface area contributed by atoms with Crippen molar-refractivity contribution in [3.63, 3.8) is 0 Å². The maximum atomic E-state index is 12.4. The number of carbonyl (C=O) groups excluding carboxylic acids is 1. The molecule has 35 heavy (non-hydrogen) atoms. The van der Waals surface area contributed by atoms with Crippen LogP contribution in [-0.4, -0.2) is 33.9 Å². The molecule has 0 aliphatic heterocycles. The van der Waals surface area contributed by atoms with E-state index in [9.17, 15) is 4.79 Å². The monoisotopic (exact) mass is 472 g/mol. The van der Waals surface area contributed by atoms with E-state index < -0.39 is 0 Å². The molecular weight excluding hydrogens is 436 g/mol. The van der Waals surface area contributed by atoms with Gasteiger partial charge in [-0.1, -0.05) is 70.2 Å². The fraction of sp³-hybridized carbons (Fsp3) is 0.379. The van der Waals surface area contributed by atoms with E-state index in [0.717, 1.165) is 25.0 Å². The van der Waals surface area contributed by atoms with Crippen LogP contribution in [0.25, 0.3) is 10.9 Å². The molecule has 0 saturated heterocycles. The summed E-state index contributed by atoms with van der Waals surface area (Å²) < 4.78 is 5.70. The Morgan fingerprint density at radius 3 is 2.57 bits per heavy atom. The molecule has 0 unspecified atom stereocenters. The first-order valence-electron chi connectivity index (χ1n) is 12.5. The van der Waals surface area contributed by atoms with Crippen molar-refractivity contribution >= 4 is 16.8 Å². The largest absolute Gasteiger partial charge is 0.447 e. The minimum Gasteiger partial charge on any atom is -0.447 e. The van der Waals surface area contributed by atoms with E-state index in [1.165, 1.54) is 28.3 Å². The van der Waals surface area contributed by atoms with Gasteiger partial charge in [0, 0.05) is 36.7 Å². The predicted molar refractivity (Wildman–Crippen MR) is 140 cm³/mol. The lowest BCUT2D eigenvalue weighted by Crippen LogP contribution is -2.28. The second kappa shape index (κ2) is 11.4. The molecule has 0 fully saturated rings. The number of nitrogens with zero attached hydrogens (tertiary/aromatic N) is 2. The zero-order valence-electron chi connectivity index (χ0n) is 21.2. The predicted octanol–water partition coefficient (Wildman–Crippen LogP) is 5.91. The Morgan fingerprint density at radius 2 is 1.83 bits per heavy atom. The van der Waals surface area contributed by atoms with Gasteiger partial charge < -0.3 is 14.7 Å². The summed E-state index contributed by atoms with van der Waals surface area (Å²) in [5.74, 6) is 1.25. The lowest BCUT2D eigenvalue weighted by atomic mass is 10.0. The number of hydrogen-bond acceptors (Lipinski definition) is 4. The van der Waals surface area contributed by atoms with Gasteiger partial charge in [0.25, 0.3) is 5.91 Å². The van der Waals surface area contributed by atoms with Gasteiger partial charge in [0.2, 0.25) is 5.89 Å². The molecule has 0 bridgehead atoms. The normalized spacial score (nSPS) is 11.7. The number of carbonyl (C=O) groups is 1. The number of aromatic nitrogens is 2. The van der Waals surface area contributed by atoms with Gasteiger partial charge in [0.05, 0.1) is 6.54 Å². The molecule has 0 radical (unpaired) electrons. The van der Waals surface area contributed by atoms with Gasteiger partial charge in [0.1, 0.15) is 6.26 Å². The third-order valence-electron chi connectivity index (χ3n) is 6.24. The Bertz CT molecular complexity index is 1240. The maximum Gasteiger partial charge on any atom is 0.273 e. The molecule has 2 aromatic carbocycles. The Labute approximate surface area is 207 Å². The molecular formula is C29H36N4O2. The van der Waals surface area contributed by atoms with E-state index in [2.05, 4.69) is 96.5 Å². The molecule has 6 nitrogen and oxygen atoms in total. The molecule has 0 atom stereocenters. The number of hydrogen-bond donors (Lipinski definition) is 2. The van der Waals surface area contributed by atoms with E-state index in [-0.39, 0.29) is 5.91 Å². The van der Waals surface area contributed by atoms with Crippen LogP contribution in [0.2, 0.25) is 0 Å². The van der Waals surface area contributed by atoms with E-state index in [1.807, 2.05) is 6.07 Å². The van der Waals surface area contributed by atoms with Crippen LogP contribution in [-0.2, 0) is 19.5 Å². The molecule has 0 aliphatic carbocycles. The highest BCUT2D eigenvalue weighted by Crippen LogP contribution is 2.20. The summed E-state index contributed by atoms with van der Waals surface area (Å²) in [4.78, 5) is 22.6. The highest BCUT2D eigenvalue weighted by atomic mass is 16.3. The first-order chi connectivity index (χ1) is 16.9. The second-order valence-electron chi connectivity index (χ2n) is 9.95. The van der Waals surface area contributed by atoms with E-state index in [0.29, 0.717) is 36.5 Å². The minimum atomic E-state index is -0.191. The van der Waals surface area contributed by atoms with Crippen LogP contribution in [0.5, 0.6) is 0 Å². The number of benzene rings is 2. The lowest BCUT2D eigenvalue weighted by molar-refractivity contribution is 0.0944. The number of amides is 1. The van der Waals surface area contributed by atoms with E-state index >= 15 is 0 Å². The molecule has 0 saturated carbocycles. The fourth-order valence-corrected chi connectivity index (χ4v) is 4.16. The van der Waals surface area contributed by atoms with Crippen LogP contribution in [0.4, 0.5) is 0 Å². The highest BCUT2D eigenvalue weighted by molar-refractivity contribution is 5.91.